The zero-order valence-electron chi connectivity index (χ0n) is 13.2. The van der Waals surface area contributed by atoms with Crippen LogP contribution in [0, 0.1) is 0 Å². The molecule has 0 radical (unpaired) electrons. The molecule has 1 aliphatic rings. The van der Waals surface area contributed by atoms with Gasteiger partial charge in [-0.25, -0.2) is 0 Å². The first kappa shape index (κ1) is 15.4. The second kappa shape index (κ2) is 7.12. The normalized spacial score (nSPS) is 19.9. The fraction of sp³-hybridized carbons (Fsp3) is 0.667. The maximum absolute atomic E-state index is 9.70. The summed E-state index contributed by atoms with van der Waals surface area (Å²) in [6, 6.07) is 7.14. The molecule has 112 valence electrons. The second-order valence-electron chi connectivity index (χ2n) is 6.14. The predicted octanol–water partition coefficient (Wildman–Crippen LogP) is 4.67. The number of phenols is 1. The molecule has 0 fully saturated rings. The maximum Gasteiger partial charge on any atom is 0.115 e. The Morgan fingerprint density at radius 1 is 1.35 bits per heavy atom. The Kier molecular flexibility index (Phi) is 5.47. The van der Waals surface area contributed by atoms with Crippen molar-refractivity contribution < 1.29 is 5.11 Å². The van der Waals surface area contributed by atoms with Gasteiger partial charge in [0, 0.05) is 12.1 Å². The summed E-state index contributed by atoms with van der Waals surface area (Å²) in [7, 11) is 0. The average molecular weight is 275 g/mol. The maximum atomic E-state index is 9.70. The number of fused-ring (bicyclic) bond motifs is 1. The molecule has 0 aromatic heterocycles. The van der Waals surface area contributed by atoms with E-state index in [9.17, 15) is 5.11 Å². The van der Waals surface area contributed by atoms with Crippen LogP contribution in [0.2, 0.25) is 0 Å². The summed E-state index contributed by atoms with van der Waals surface area (Å²) in [5.74, 6) is 0.410. The molecule has 2 heteroatoms. The number of unbranched alkanes of at least 4 members (excludes halogenated alkanes) is 1. The molecule has 0 heterocycles. The molecule has 0 amide bonds. The van der Waals surface area contributed by atoms with Gasteiger partial charge in [0.15, 0.2) is 0 Å². The Labute approximate surface area is 123 Å². The number of aromatic hydroxyl groups is 1. The molecule has 1 N–H and O–H groups in total. The highest BCUT2D eigenvalue weighted by Crippen LogP contribution is 2.37. The monoisotopic (exact) mass is 275 g/mol. The Balaban J connectivity index is 2.26. The van der Waals surface area contributed by atoms with Gasteiger partial charge in [0.25, 0.3) is 0 Å². The Bertz CT molecular complexity index is 429. The van der Waals surface area contributed by atoms with Crippen LogP contribution in [0.3, 0.4) is 0 Å². The molecule has 0 spiro atoms. The van der Waals surface area contributed by atoms with E-state index in [0.717, 1.165) is 6.42 Å². The summed E-state index contributed by atoms with van der Waals surface area (Å²) >= 11 is 0. The summed E-state index contributed by atoms with van der Waals surface area (Å²) in [5.41, 5.74) is 2.80. The summed E-state index contributed by atoms with van der Waals surface area (Å²) < 4.78 is 0. The van der Waals surface area contributed by atoms with Crippen molar-refractivity contribution >= 4 is 0 Å². The minimum absolute atomic E-state index is 0.410. The van der Waals surface area contributed by atoms with E-state index in [0.29, 0.717) is 17.8 Å². The molecule has 1 aliphatic carbocycles. The summed E-state index contributed by atoms with van der Waals surface area (Å²) in [6.45, 7) is 8.09. The fourth-order valence-corrected chi connectivity index (χ4v) is 3.38. The first-order valence-corrected chi connectivity index (χ1v) is 8.24. The van der Waals surface area contributed by atoms with Crippen LogP contribution in [0.15, 0.2) is 18.2 Å². The molecule has 2 nitrogen and oxygen atoms in total. The Morgan fingerprint density at radius 2 is 2.15 bits per heavy atom. The molecule has 20 heavy (non-hydrogen) atoms. The van der Waals surface area contributed by atoms with Gasteiger partial charge in [-0.2, -0.15) is 0 Å². The van der Waals surface area contributed by atoms with Gasteiger partial charge in [-0.15, -0.1) is 0 Å². The lowest BCUT2D eigenvalue weighted by Gasteiger charge is -2.39. The fourth-order valence-electron chi connectivity index (χ4n) is 3.38. The van der Waals surface area contributed by atoms with Gasteiger partial charge in [0.1, 0.15) is 5.75 Å². The smallest absolute Gasteiger partial charge is 0.115 e. The summed E-state index contributed by atoms with van der Waals surface area (Å²) in [5, 5.41) is 9.70. The number of phenolic OH excluding ortho intramolecular Hbond substituents is 1. The van der Waals surface area contributed by atoms with Crippen molar-refractivity contribution in [2.24, 2.45) is 0 Å². The number of benzene rings is 1. The van der Waals surface area contributed by atoms with Gasteiger partial charge in [0.2, 0.25) is 0 Å². The number of nitrogens with zero attached hydrogens (tertiary/aromatic N) is 1. The standard InChI is InChI=1S/C18H29NO/c1-4-6-12-19(14(3)5-2)18-9-7-8-15-13-16(20)10-11-17(15)18/h10-11,13-14,18,20H,4-9,12H2,1-3H3. The minimum atomic E-state index is 0.410. The highest BCUT2D eigenvalue weighted by molar-refractivity contribution is 5.38. The van der Waals surface area contributed by atoms with E-state index in [-0.39, 0.29) is 0 Å². The summed E-state index contributed by atoms with van der Waals surface area (Å²) in [6.07, 6.45) is 7.33. The Morgan fingerprint density at radius 3 is 2.85 bits per heavy atom. The van der Waals surface area contributed by atoms with Crippen LogP contribution in [-0.2, 0) is 6.42 Å². The third-order valence-corrected chi connectivity index (χ3v) is 4.74. The largest absolute Gasteiger partial charge is 0.508 e. The second-order valence-corrected chi connectivity index (χ2v) is 6.14. The van der Waals surface area contributed by atoms with Gasteiger partial charge in [0.05, 0.1) is 0 Å². The number of hydrogen-bond acceptors (Lipinski definition) is 2. The highest BCUT2D eigenvalue weighted by Gasteiger charge is 2.28. The molecule has 0 saturated heterocycles. The van der Waals surface area contributed by atoms with Crippen molar-refractivity contribution in [1.82, 2.24) is 4.90 Å². The zero-order chi connectivity index (χ0) is 14.5. The third kappa shape index (κ3) is 3.35. The van der Waals surface area contributed by atoms with Gasteiger partial charge in [-0.1, -0.05) is 26.3 Å². The van der Waals surface area contributed by atoms with Crippen LogP contribution in [-0.4, -0.2) is 22.6 Å². The van der Waals surface area contributed by atoms with Gasteiger partial charge in [-0.3, -0.25) is 4.90 Å². The molecule has 0 aliphatic heterocycles. The molecule has 1 aromatic rings. The molecule has 0 saturated carbocycles. The van der Waals surface area contributed by atoms with Crippen LogP contribution < -0.4 is 0 Å². The molecular formula is C18H29NO. The molecule has 2 atom stereocenters. The molecular weight excluding hydrogens is 246 g/mol. The molecule has 2 rings (SSSR count). The minimum Gasteiger partial charge on any atom is -0.508 e. The van der Waals surface area contributed by atoms with E-state index in [4.69, 9.17) is 0 Å². The van der Waals surface area contributed by atoms with Crippen molar-refractivity contribution in [3.63, 3.8) is 0 Å². The van der Waals surface area contributed by atoms with E-state index in [1.807, 2.05) is 12.1 Å². The van der Waals surface area contributed by atoms with Crippen molar-refractivity contribution in [2.75, 3.05) is 6.54 Å². The van der Waals surface area contributed by atoms with E-state index in [1.165, 1.54) is 49.8 Å². The van der Waals surface area contributed by atoms with Crippen molar-refractivity contribution in [3.05, 3.63) is 29.3 Å². The lowest BCUT2D eigenvalue weighted by atomic mass is 9.85. The number of aryl methyl sites for hydroxylation is 1. The SMILES string of the molecule is CCCCN(C(C)CC)C1CCCc2cc(O)ccc21. The van der Waals surface area contributed by atoms with Crippen molar-refractivity contribution in [1.29, 1.82) is 0 Å². The average Bonchev–Trinajstić information content (AvgIpc) is 2.47. The zero-order valence-corrected chi connectivity index (χ0v) is 13.2. The van der Waals surface area contributed by atoms with E-state index < -0.39 is 0 Å². The summed E-state index contributed by atoms with van der Waals surface area (Å²) in [4.78, 5) is 2.69. The first-order chi connectivity index (χ1) is 9.67. The first-order valence-electron chi connectivity index (χ1n) is 8.24. The lowest BCUT2D eigenvalue weighted by Crippen LogP contribution is -2.38. The Hall–Kier alpha value is -1.02. The van der Waals surface area contributed by atoms with Crippen LogP contribution in [0.1, 0.15) is 70.0 Å². The van der Waals surface area contributed by atoms with E-state index >= 15 is 0 Å². The van der Waals surface area contributed by atoms with Crippen LogP contribution in [0.25, 0.3) is 0 Å². The van der Waals surface area contributed by atoms with Crippen molar-refractivity contribution in [2.45, 2.75) is 71.4 Å². The topological polar surface area (TPSA) is 23.5 Å². The third-order valence-electron chi connectivity index (χ3n) is 4.74. The van der Waals surface area contributed by atoms with E-state index in [1.54, 1.807) is 0 Å². The molecule has 1 aromatic carbocycles. The molecule has 2 unspecified atom stereocenters. The quantitative estimate of drug-likeness (QED) is 0.815. The van der Waals surface area contributed by atoms with E-state index in [2.05, 4.69) is 31.7 Å². The van der Waals surface area contributed by atoms with Crippen LogP contribution in [0.5, 0.6) is 5.75 Å². The van der Waals surface area contributed by atoms with Crippen LogP contribution in [0.4, 0.5) is 0 Å². The predicted molar refractivity (Wildman–Crippen MR) is 85.2 cm³/mol. The number of hydrogen-bond donors (Lipinski definition) is 1. The van der Waals surface area contributed by atoms with Crippen LogP contribution >= 0.6 is 0 Å². The highest BCUT2D eigenvalue weighted by atomic mass is 16.3. The molecule has 0 bridgehead atoms. The number of rotatable bonds is 6. The van der Waals surface area contributed by atoms with Gasteiger partial charge >= 0.3 is 0 Å². The van der Waals surface area contributed by atoms with Crippen molar-refractivity contribution in [3.8, 4) is 5.75 Å². The lowest BCUT2D eigenvalue weighted by molar-refractivity contribution is 0.123. The van der Waals surface area contributed by atoms with Gasteiger partial charge < -0.3 is 5.11 Å². The van der Waals surface area contributed by atoms with Gasteiger partial charge in [-0.05, 0) is 68.8 Å².